The van der Waals surface area contributed by atoms with E-state index < -0.39 is 0 Å². The fraction of sp³-hybridized carbons (Fsp3) is 0.412. The molecule has 1 aromatic heterocycles. The molecule has 0 spiro atoms. The minimum atomic E-state index is 0.223. The van der Waals surface area contributed by atoms with Crippen LogP contribution in [0.15, 0.2) is 30.5 Å². The van der Waals surface area contributed by atoms with Crippen molar-refractivity contribution in [1.82, 2.24) is 14.9 Å². The standard InChI is InChI=1S/C17H20ClN3O/c1-12-10-19-17(20-12)14-8-9-21(11-14)16(22)7-4-13-2-5-15(18)6-3-13/h2-3,5-6,10,14H,4,7-9,11H2,1H3,(H,19,20)/t14-/m1/s1. The summed E-state index contributed by atoms with van der Waals surface area (Å²) in [5.41, 5.74) is 2.22. The Labute approximate surface area is 135 Å². The van der Waals surface area contributed by atoms with Crippen molar-refractivity contribution < 1.29 is 4.79 Å². The van der Waals surface area contributed by atoms with Gasteiger partial charge in [0.15, 0.2) is 0 Å². The molecule has 1 aliphatic heterocycles. The molecule has 1 amide bonds. The maximum Gasteiger partial charge on any atom is 0.222 e. The van der Waals surface area contributed by atoms with Gasteiger partial charge in [-0.05, 0) is 37.5 Å². The number of nitrogens with zero attached hydrogens (tertiary/aromatic N) is 2. The zero-order valence-corrected chi connectivity index (χ0v) is 13.4. The zero-order valence-electron chi connectivity index (χ0n) is 12.7. The van der Waals surface area contributed by atoms with Crippen molar-refractivity contribution in [3.63, 3.8) is 0 Å². The summed E-state index contributed by atoms with van der Waals surface area (Å²) in [5.74, 6) is 1.57. The van der Waals surface area contributed by atoms with E-state index in [2.05, 4.69) is 9.97 Å². The van der Waals surface area contributed by atoms with Gasteiger partial charge in [-0.15, -0.1) is 0 Å². The lowest BCUT2D eigenvalue weighted by atomic mass is 10.1. The van der Waals surface area contributed by atoms with E-state index in [1.165, 1.54) is 0 Å². The van der Waals surface area contributed by atoms with Crippen molar-refractivity contribution in [2.24, 2.45) is 0 Å². The summed E-state index contributed by atoms with van der Waals surface area (Å²) in [6.07, 6.45) is 4.14. The number of aryl methyl sites for hydroxylation is 2. The van der Waals surface area contributed by atoms with E-state index in [-0.39, 0.29) is 5.91 Å². The third-order valence-electron chi connectivity index (χ3n) is 4.19. The predicted molar refractivity (Wildman–Crippen MR) is 87.0 cm³/mol. The second-order valence-corrected chi connectivity index (χ2v) is 6.34. The highest BCUT2D eigenvalue weighted by molar-refractivity contribution is 6.30. The van der Waals surface area contributed by atoms with Crippen LogP contribution >= 0.6 is 11.6 Å². The molecule has 5 heteroatoms. The van der Waals surface area contributed by atoms with Crippen molar-refractivity contribution in [2.45, 2.75) is 32.1 Å². The van der Waals surface area contributed by atoms with Gasteiger partial charge in [-0.3, -0.25) is 4.79 Å². The van der Waals surface area contributed by atoms with E-state index in [0.717, 1.165) is 48.0 Å². The Morgan fingerprint density at radius 1 is 1.41 bits per heavy atom. The number of aromatic nitrogens is 2. The minimum absolute atomic E-state index is 0.223. The summed E-state index contributed by atoms with van der Waals surface area (Å²) in [4.78, 5) is 22.0. The maximum atomic E-state index is 12.3. The van der Waals surface area contributed by atoms with E-state index in [0.29, 0.717) is 12.3 Å². The van der Waals surface area contributed by atoms with Gasteiger partial charge in [0.2, 0.25) is 5.91 Å². The number of benzene rings is 1. The smallest absolute Gasteiger partial charge is 0.222 e. The molecule has 0 aliphatic carbocycles. The Morgan fingerprint density at radius 3 is 2.86 bits per heavy atom. The molecule has 0 radical (unpaired) electrons. The number of carbonyl (C=O) groups excluding carboxylic acids is 1. The van der Waals surface area contributed by atoms with E-state index in [1.54, 1.807) is 0 Å². The molecule has 0 unspecified atom stereocenters. The number of halogens is 1. The number of amides is 1. The fourth-order valence-corrected chi connectivity index (χ4v) is 3.04. The van der Waals surface area contributed by atoms with Gasteiger partial charge in [0.1, 0.15) is 5.82 Å². The maximum absolute atomic E-state index is 12.3. The van der Waals surface area contributed by atoms with Gasteiger partial charge in [0.05, 0.1) is 0 Å². The lowest BCUT2D eigenvalue weighted by Crippen LogP contribution is -2.28. The lowest BCUT2D eigenvalue weighted by Gasteiger charge is -2.16. The van der Waals surface area contributed by atoms with Crippen LogP contribution < -0.4 is 0 Å². The molecule has 0 bridgehead atoms. The highest BCUT2D eigenvalue weighted by atomic mass is 35.5. The second-order valence-electron chi connectivity index (χ2n) is 5.90. The first-order valence-electron chi connectivity index (χ1n) is 7.65. The van der Waals surface area contributed by atoms with Crippen LogP contribution in [0, 0.1) is 6.92 Å². The quantitative estimate of drug-likeness (QED) is 0.940. The Balaban J connectivity index is 1.52. The third kappa shape index (κ3) is 3.50. The van der Waals surface area contributed by atoms with Gasteiger partial charge < -0.3 is 9.88 Å². The molecule has 2 heterocycles. The number of likely N-dealkylation sites (tertiary alicyclic amines) is 1. The summed E-state index contributed by atoms with van der Waals surface area (Å²) in [5, 5.41) is 0.728. The number of carbonyl (C=O) groups is 1. The number of aromatic amines is 1. The van der Waals surface area contributed by atoms with Crippen molar-refractivity contribution >= 4 is 17.5 Å². The molecule has 1 aliphatic rings. The normalized spacial score (nSPS) is 17.9. The van der Waals surface area contributed by atoms with Gasteiger partial charge in [0, 0.05) is 42.3 Å². The summed E-state index contributed by atoms with van der Waals surface area (Å²) in [6, 6.07) is 7.70. The lowest BCUT2D eigenvalue weighted by molar-refractivity contribution is -0.130. The number of H-pyrrole nitrogens is 1. The van der Waals surface area contributed by atoms with Crippen LogP contribution in [0.5, 0.6) is 0 Å². The molecule has 2 aromatic rings. The van der Waals surface area contributed by atoms with Gasteiger partial charge >= 0.3 is 0 Å². The first-order valence-corrected chi connectivity index (χ1v) is 8.03. The van der Waals surface area contributed by atoms with Crippen molar-refractivity contribution in [3.05, 3.63) is 52.6 Å². The Morgan fingerprint density at radius 2 is 2.18 bits per heavy atom. The molecule has 1 aromatic carbocycles. The predicted octanol–water partition coefficient (Wildman–Crippen LogP) is 3.32. The molecule has 1 saturated heterocycles. The van der Waals surface area contributed by atoms with E-state index in [9.17, 15) is 4.79 Å². The summed E-state index contributed by atoms with van der Waals surface area (Å²) < 4.78 is 0. The highest BCUT2D eigenvalue weighted by Crippen LogP contribution is 2.25. The number of hydrogen-bond acceptors (Lipinski definition) is 2. The van der Waals surface area contributed by atoms with Crippen molar-refractivity contribution in [1.29, 1.82) is 0 Å². The van der Waals surface area contributed by atoms with Crippen LogP contribution in [-0.4, -0.2) is 33.9 Å². The molecule has 22 heavy (non-hydrogen) atoms. The Kier molecular flexibility index (Phi) is 4.48. The van der Waals surface area contributed by atoms with Gasteiger partial charge in [-0.25, -0.2) is 4.98 Å². The Hall–Kier alpha value is -1.81. The fourth-order valence-electron chi connectivity index (χ4n) is 2.91. The molecule has 1 fully saturated rings. The molecule has 1 N–H and O–H groups in total. The number of rotatable bonds is 4. The van der Waals surface area contributed by atoms with E-state index in [4.69, 9.17) is 11.6 Å². The molecule has 116 valence electrons. The molecule has 1 atom stereocenters. The first kappa shape index (κ1) is 15.1. The van der Waals surface area contributed by atoms with Gasteiger partial charge in [-0.2, -0.15) is 0 Å². The van der Waals surface area contributed by atoms with E-state index in [1.807, 2.05) is 42.3 Å². The minimum Gasteiger partial charge on any atom is -0.346 e. The molecule has 4 nitrogen and oxygen atoms in total. The molecule has 0 saturated carbocycles. The molecular weight excluding hydrogens is 298 g/mol. The zero-order chi connectivity index (χ0) is 15.5. The Bertz CT molecular complexity index is 650. The van der Waals surface area contributed by atoms with Crippen LogP contribution in [0.25, 0.3) is 0 Å². The summed E-state index contributed by atoms with van der Waals surface area (Å²) in [7, 11) is 0. The van der Waals surface area contributed by atoms with Crippen LogP contribution in [0.4, 0.5) is 0 Å². The second kappa shape index (κ2) is 6.53. The third-order valence-corrected chi connectivity index (χ3v) is 4.44. The first-order chi connectivity index (χ1) is 10.6. The van der Waals surface area contributed by atoms with Crippen molar-refractivity contribution in [3.8, 4) is 0 Å². The topological polar surface area (TPSA) is 49.0 Å². The van der Waals surface area contributed by atoms with Crippen LogP contribution in [0.1, 0.15) is 35.8 Å². The molecule has 3 rings (SSSR count). The highest BCUT2D eigenvalue weighted by Gasteiger charge is 2.28. The SMILES string of the molecule is Cc1cnc([C@@H]2CCN(C(=O)CCc3ccc(Cl)cc3)C2)[nH]1. The summed E-state index contributed by atoms with van der Waals surface area (Å²) >= 11 is 5.87. The number of nitrogens with one attached hydrogen (secondary N) is 1. The average Bonchev–Trinajstić information content (AvgIpc) is 3.15. The number of imidazole rings is 1. The van der Waals surface area contributed by atoms with Crippen LogP contribution in [0.3, 0.4) is 0 Å². The number of hydrogen-bond donors (Lipinski definition) is 1. The average molecular weight is 318 g/mol. The van der Waals surface area contributed by atoms with Gasteiger partial charge in [0.25, 0.3) is 0 Å². The monoisotopic (exact) mass is 317 g/mol. The van der Waals surface area contributed by atoms with Crippen molar-refractivity contribution in [2.75, 3.05) is 13.1 Å². The van der Waals surface area contributed by atoms with Crippen LogP contribution in [-0.2, 0) is 11.2 Å². The molecular formula is C17H20ClN3O. The van der Waals surface area contributed by atoms with Crippen LogP contribution in [0.2, 0.25) is 5.02 Å². The largest absolute Gasteiger partial charge is 0.346 e. The van der Waals surface area contributed by atoms with E-state index >= 15 is 0 Å². The summed E-state index contributed by atoms with van der Waals surface area (Å²) in [6.45, 7) is 3.59. The van der Waals surface area contributed by atoms with Gasteiger partial charge in [-0.1, -0.05) is 23.7 Å².